The van der Waals surface area contributed by atoms with Crippen molar-refractivity contribution in [3.05, 3.63) is 35.0 Å². The largest absolute Gasteiger partial charge is 0.416 e. The maximum Gasteiger partial charge on any atom is 0.416 e. The first kappa shape index (κ1) is 12.8. The van der Waals surface area contributed by atoms with Crippen LogP contribution in [0, 0.1) is 0 Å². The van der Waals surface area contributed by atoms with E-state index in [1.54, 1.807) is 7.05 Å². The second kappa shape index (κ2) is 4.20. The van der Waals surface area contributed by atoms with Gasteiger partial charge in [0.2, 0.25) is 0 Å². The van der Waals surface area contributed by atoms with Gasteiger partial charge >= 0.3 is 6.18 Å². The first-order valence-electron chi connectivity index (χ1n) is 4.94. The molecule has 0 atom stereocenters. The molecular formula is C11H9ClF3N3. The Morgan fingerprint density at radius 3 is 2.44 bits per heavy atom. The number of hydrogen-bond acceptors (Lipinski definition) is 2. The second-order valence-electron chi connectivity index (χ2n) is 3.79. The van der Waals surface area contributed by atoms with Crippen LogP contribution in [0.2, 0.25) is 5.02 Å². The minimum atomic E-state index is -4.45. The molecule has 0 aliphatic heterocycles. The maximum absolute atomic E-state index is 12.7. The molecule has 96 valence electrons. The summed E-state index contributed by atoms with van der Waals surface area (Å²) in [5, 5.41) is 3.88. The lowest BCUT2D eigenvalue weighted by Crippen LogP contribution is -2.05. The molecule has 0 saturated carbocycles. The molecule has 2 aromatic rings. The third kappa shape index (κ3) is 2.28. The number of hydrogen-bond donors (Lipinski definition) is 1. The molecular weight excluding hydrogens is 267 g/mol. The number of nitrogens with two attached hydrogens (primary N) is 1. The fourth-order valence-corrected chi connectivity index (χ4v) is 1.81. The SMILES string of the molecule is Cn1ncc(-c2cc(Cl)cc(C(F)(F)F)c2)c1N. The summed E-state index contributed by atoms with van der Waals surface area (Å²) in [6.45, 7) is 0. The molecule has 0 aliphatic rings. The molecule has 1 aromatic carbocycles. The van der Waals surface area contributed by atoms with Gasteiger partial charge in [0.15, 0.2) is 0 Å². The van der Waals surface area contributed by atoms with Crippen molar-refractivity contribution in [2.45, 2.75) is 6.18 Å². The number of aryl methyl sites for hydroxylation is 1. The zero-order valence-corrected chi connectivity index (χ0v) is 10.0. The minimum Gasteiger partial charge on any atom is -0.383 e. The van der Waals surface area contributed by atoms with E-state index in [0.29, 0.717) is 11.1 Å². The van der Waals surface area contributed by atoms with Gasteiger partial charge in [-0.15, -0.1) is 0 Å². The number of benzene rings is 1. The van der Waals surface area contributed by atoms with Gasteiger partial charge in [0.25, 0.3) is 0 Å². The summed E-state index contributed by atoms with van der Waals surface area (Å²) in [6.07, 6.45) is -3.04. The second-order valence-corrected chi connectivity index (χ2v) is 4.23. The monoisotopic (exact) mass is 275 g/mol. The molecule has 3 nitrogen and oxygen atoms in total. The minimum absolute atomic E-state index is 0.00285. The predicted molar refractivity (Wildman–Crippen MR) is 63.1 cm³/mol. The van der Waals surface area contributed by atoms with Crippen molar-refractivity contribution in [3.8, 4) is 11.1 Å². The van der Waals surface area contributed by atoms with Crippen molar-refractivity contribution in [3.63, 3.8) is 0 Å². The van der Waals surface area contributed by atoms with E-state index >= 15 is 0 Å². The number of halogens is 4. The fourth-order valence-electron chi connectivity index (χ4n) is 1.58. The van der Waals surface area contributed by atoms with E-state index in [1.165, 1.54) is 16.9 Å². The third-order valence-electron chi connectivity index (χ3n) is 2.52. The van der Waals surface area contributed by atoms with Crippen LogP contribution in [0.5, 0.6) is 0 Å². The molecule has 18 heavy (non-hydrogen) atoms. The number of aromatic nitrogens is 2. The van der Waals surface area contributed by atoms with Gasteiger partial charge in [-0.05, 0) is 23.8 Å². The predicted octanol–water partition coefficient (Wildman–Crippen LogP) is 3.34. The van der Waals surface area contributed by atoms with E-state index in [-0.39, 0.29) is 10.8 Å². The Bertz CT molecular complexity index is 590. The smallest absolute Gasteiger partial charge is 0.383 e. The summed E-state index contributed by atoms with van der Waals surface area (Å²) in [7, 11) is 1.61. The molecule has 0 unspecified atom stereocenters. The van der Waals surface area contributed by atoms with Crippen molar-refractivity contribution in [2.75, 3.05) is 5.73 Å². The molecule has 2 rings (SSSR count). The molecule has 2 N–H and O–H groups in total. The van der Waals surface area contributed by atoms with Crippen LogP contribution in [0.25, 0.3) is 11.1 Å². The van der Waals surface area contributed by atoms with Crippen molar-refractivity contribution in [2.24, 2.45) is 7.05 Å². The van der Waals surface area contributed by atoms with Crippen molar-refractivity contribution >= 4 is 17.4 Å². The summed E-state index contributed by atoms with van der Waals surface area (Å²) in [5.41, 5.74) is 5.62. The Balaban J connectivity index is 2.59. The Labute approximate surface area is 106 Å². The molecule has 0 radical (unpaired) electrons. The summed E-state index contributed by atoms with van der Waals surface area (Å²) in [4.78, 5) is 0. The molecule has 1 heterocycles. The van der Waals surface area contributed by atoms with Crippen LogP contribution < -0.4 is 5.73 Å². The van der Waals surface area contributed by atoms with Crippen LogP contribution in [-0.4, -0.2) is 9.78 Å². The molecule has 0 spiro atoms. The molecule has 0 fully saturated rings. The van der Waals surface area contributed by atoms with Gasteiger partial charge in [-0.2, -0.15) is 18.3 Å². The van der Waals surface area contributed by atoms with Gasteiger partial charge in [-0.3, -0.25) is 4.68 Å². The van der Waals surface area contributed by atoms with Crippen LogP contribution in [0.3, 0.4) is 0 Å². The van der Waals surface area contributed by atoms with Gasteiger partial charge in [0.1, 0.15) is 5.82 Å². The normalized spacial score (nSPS) is 11.8. The van der Waals surface area contributed by atoms with E-state index in [9.17, 15) is 13.2 Å². The zero-order chi connectivity index (χ0) is 13.5. The van der Waals surface area contributed by atoms with Gasteiger partial charge in [0, 0.05) is 17.6 Å². The van der Waals surface area contributed by atoms with E-state index in [1.807, 2.05) is 0 Å². The summed E-state index contributed by atoms with van der Waals surface area (Å²) >= 11 is 5.70. The highest BCUT2D eigenvalue weighted by Crippen LogP contribution is 2.35. The fraction of sp³-hybridized carbons (Fsp3) is 0.182. The standard InChI is InChI=1S/C11H9ClF3N3/c1-18-10(16)9(5-17-18)6-2-7(11(13,14)15)4-8(12)3-6/h2-5H,16H2,1H3. The zero-order valence-electron chi connectivity index (χ0n) is 9.29. The third-order valence-corrected chi connectivity index (χ3v) is 2.74. The average Bonchev–Trinajstić information content (AvgIpc) is 2.58. The Morgan fingerprint density at radius 2 is 1.94 bits per heavy atom. The van der Waals surface area contributed by atoms with Gasteiger partial charge < -0.3 is 5.73 Å². The molecule has 0 saturated heterocycles. The Kier molecular flexibility index (Phi) is 2.98. The quantitative estimate of drug-likeness (QED) is 0.867. The lowest BCUT2D eigenvalue weighted by atomic mass is 10.1. The van der Waals surface area contributed by atoms with Crippen molar-refractivity contribution in [1.29, 1.82) is 0 Å². The molecule has 0 aliphatic carbocycles. The van der Waals surface area contributed by atoms with Crippen molar-refractivity contribution < 1.29 is 13.2 Å². The highest BCUT2D eigenvalue weighted by atomic mass is 35.5. The first-order valence-corrected chi connectivity index (χ1v) is 5.32. The first-order chi connectivity index (χ1) is 8.29. The molecule has 1 aromatic heterocycles. The maximum atomic E-state index is 12.7. The van der Waals surface area contributed by atoms with Gasteiger partial charge in [-0.25, -0.2) is 0 Å². The highest BCUT2D eigenvalue weighted by Gasteiger charge is 2.31. The number of alkyl halides is 3. The van der Waals surface area contributed by atoms with Crippen LogP contribution in [0.15, 0.2) is 24.4 Å². The molecule has 0 bridgehead atoms. The lowest BCUT2D eigenvalue weighted by Gasteiger charge is -2.09. The van der Waals surface area contributed by atoms with Crippen LogP contribution in [-0.2, 0) is 13.2 Å². The Morgan fingerprint density at radius 1 is 1.28 bits per heavy atom. The van der Waals surface area contributed by atoms with E-state index in [0.717, 1.165) is 12.1 Å². The van der Waals surface area contributed by atoms with E-state index in [2.05, 4.69) is 5.10 Å². The van der Waals surface area contributed by atoms with Crippen LogP contribution in [0.4, 0.5) is 19.0 Å². The van der Waals surface area contributed by atoms with Crippen molar-refractivity contribution in [1.82, 2.24) is 9.78 Å². The van der Waals surface area contributed by atoms with Crippen LogP contribution in [0.1, 0.15) is 5.56 Å². The topological polar surface area (TPSA) is 43.8 Å². The highest BCUT2D eigenvalue weighted by molar-refractivity contribution is 6.31. The summed E-state index contributed by atoms with van der Waals surface area (Å²) in [5.74, 6) is 0.283. The van der Waals surface area contributed by atoms with Crippen LogP contribution >= 0.6 is 11.6 Å². The van der Waals surface area contributed by atoms with E-state index in [4.69, 9.17) is 17.3 Å². The molecule has 7 heteroatoms. The van der Waals surface area contributed by atoms with Gasteiger partial charge in [-0.1, -0.05) is 11.6 Å². The van der Waals surface area contributed by atoms with E-state index < -0.39 is 11.7 Å². The average molecular weight is 276 g/mol. The lowest BCUT2D eigenvalue weighted by molar-refractivity contribution is -0.137. The van der Waals surface area contributed by atoms with Gasteiger partial charge in [0.05, 0.1) is 11.8 Å². The summed E-state index contributed by atoms with van der Waals surface area (Å²) in [6, 6.07) is 3.29. The number of nitrogen functional groups attached to an aromatic ring is 1. The summed E-state index contributed by atoms with van der Waals surface area (Å²) < 4.78 is 39.4. The number of anilines is 1. The Hall–Kier alpha value is -1.69. The number of rotatable bonds is 1. The number of nitrogens with zero attached hydrogens (tertiary/aromatic N) is 2. The molecule has 0 amide bonds.